The third-order valence-electron chi connectivity index (χ3n) is 6.11. The lowest BCUT2D eigenvalue weighted by Gasteiger charge is -2.28. The maximum Gasteiger partial charge on any atom is 0.265 e. The van der Waals surface area contributed by atoms with Gasteiger partial charge in [-0.3, -0.25) is 19.4 Å². The van der Waals surface area contributed by atoms with Crippen LogP contribution in [0.3, 0.4) is 0 Å². The van der Waals surface area contributed by atoms with E-state index in [1.54, 1.807) is 48.4 Å². The van der Waals surface area contributed by atoms with Gasteiger partial charge in [0.2, 0.25) is 0 Å². The van der Waals surface area contributed by atoms with E-state index in [-0.39, 0.29) is 12.2 Å². The highest BCUT2D eigenvalue weighted by molar-refractivity contribution is 6.10. The van der Waals surface area contributed by atoms with Gasteiger partial charge < -0.3 is 9.84 Å². The molecule has 1 fully saturated rings. The van der Waals surface area contributed by atoms with Crippen LogP contribution in [0.2, 0.25) is 0 Å². The molecule has 158 valence electrons. The molecule has 0 saturated carbocycles. The molecular weight excluding hydrogens is 380 g/mol. The second-order valence-corrected chi connectivity index (χ2v) is 8.11. The Balaban J connectivity index is 1.59. The Morgan fingerprint density at radius 3 is 2.37 bits per heavy atom. The van der Waals surface area contributed by atoms with Gasteiger partial charge in [-0.1, -0.05) is 31.0 Å². The molecule has 2 heterocycles. The topological polar surface area (TPSA) is 70.1 Å². The minimum Gasteiger partial charge on any atom is -0.497 e. The first-order valence-electron chi connectivity index (χ1n) is 10.6. The van der Waals surface area contributed by atoms with Gasteiger partial charge in [0.15, 0.2) is 11.4 Å². The first kappa shape index (κ1) is 20.6. The third kappa shape index (κ3) is 3.85. The van der Waals surface area contributed by atoms with Gasteiger partial charge in [-0.05, 0) is 56.3 Å². The van der Waals surface area contributed by atoms with E-state index in [1.807, 2.05) is 12.1 Å². The van der Waals surface area contributed by atoms with Crippen LogP contribution in [0, 0.1) is 0 Å². The van der Waals surface area contributed by atoms with Crippen molar-refractivity contribution in [3.63, 3.8) is 0 Å². The summed E-state index contributed by atoms with van der Waals surface area (Å²) in [6, 6.07) is 14.0. The van der Waals surface area contributed by atoms with Crippen LogP contribution in [0.15, 0.2) is 48.5 Å². The molecule has 2 aromatic carbocycles. The van der Waals surface area contributed by atoms with Crippen molar-refractivity contribution in [2.45, 2.75) is 37.7 Å². The van der Waals surface area contributed by atoms with Crippen LogP contribution in [-0.2, 0) is 10.4 Å². The smallest absolute Gasteiger partial charge is 0.265 e. The summed E-state index contributed by atoms with van der Waals surface area (Å²) in [4.78, 5) is 30.2. The summed E-state index contributed by atoms with van der Waals surface area (Å²) in [5.74, 6) is -0.0501. The number of rotatable bonds is 6. The van der Waals surface area contributed by atoms with Crippen molar-refractivity contribution in [3.8, 4) is 5.75 Å². The van der Waals surface area contributed by atoms with Crippen LogP contribution >= 0.6 is 0 Å². The van der Waals surface area contributed by atoms with Crippen LogP contribution in [0.1, 0.15) is 48.0 Å². The zero-order valence-corrected chi connectivity index (χ0v) is 17.3. The lowest BCUT2D eigenvalue weighted by atomic mass is 9.88. The van der Waals surface area contributed by atoms with Gasteiger partial charge in [-0.25, -0.2) is 0 Å². The SMILES string of the molecule is COc1ccc(C(=O)CC2(O)C(=O)N(CN3CCCCCC3)c3ccccc32)cc1. The van der Waals surface area contributed by atoms with Gasteiger partial charge in [0.05, 0.1) is 25.9 Å². The third-order valence-corrected chi connectivity index (χ3v) is 6.11. The molecule has 1 unspecified atom stereocenters. The summed E-state index contributed by atoms with van der Waals surface area (Å²) in [6.45, 7) is 2.32. The second-order valence-electron chi connectivity index (χ2n) is 8.11. The van der Waals surface area contributed by atoms with Gasteiger partial charge in [-0.2, -0.15) is 0 Å². The number of fused-ring (bicyclic) bond motifs is 1. The number of Topliss-reactive ketones (excluding diaryl/α,β-unsaturated/α-hetero) is 1. The number of hydrogen-bond donors (Lipinski definition) is 1. The first-order chi connectivity index (χ1) is 14.5. The number of carbonyl (C=O) groups excluding carboxylic acids is 2. The quantitative estimate of drug-likeness (QED) is 0.743. The molecule has 0 bridgehead atoms. The number of ether oxygens (including phenoxy) is 1. The molecule has 30 heavy (non-hydrogen) atoms. The number of para-hydroxylation sites is 1. The number of aliphatic hydroxyl groups is 1. The molecule has 2 aliphatic heterocycles. The Hall–Kier alpha value is -2.70. The molecule has 6 nitrogen and oxygen atoms in total. The summed E-state index contributed by atoms with van der Waals surface area (Å²) < 4.78 is 5.13. The summed E-state index contributed by atoms with van der Waals surface area (Å²) in [6.07, 6.45) is 4.36. The molecule has 4 rings (SSSR count). The number of benzene rings is 2. The fraction of sp³-hybridized carbons (Fsp3) is 0.417. The van der Waals surface area contributed by atoms with E-state index in [4.69, 9.17) is 4.74 Å². The van der Waals surface area contributed by atoms with Crippen molar-refractivity contribution in [2.24, 2.45) is 0 Å². The summed E-state index contributed by atoms with van der Waals surface area (Å²) in [5.41, 5.74) is -0.205. The Morgan fingerprint density at radius 2 is 1.70 bits per heavy atom. The van der Waals surface area contributed by atoms with Gasteiger partial charge in [0.25, 0.3) is 5.91 Å². The molecule has 1 atom stereocenters. The molecule has 1 saturated heterocycles. The largest absolute Gasteiger partial charge is 0.497 e. The molecule has 0 radical (unpaired) electrons. The minimum absolute atomic E-state index is 0.278. The van der Waals surface area contributed by atoms with Crippen molar-refractivity contribution in [1.82, 2.24) is 4.90 Å². The van der Waals surface area contributed by atoms with Gasteiger partial charge in [0, 0.05) is 11.1 Å². The number of methoxy groups -OCH3 is 1. The van der Waals surface area contributed by atoms with Crippen LogP contribution in [-0.4, -0.2) is 48.6 Å². The minimum atomic E-state index is -1.85. The zero-order valence-electron chi connectivity index (χ0n) is 17.3. The maximum absolute atomic E-state index is 13.4. The van der Waals surface area contributed by atoms with Gasteiger partial charge in [0.1, 0.15) is 5.75 Å². The highest BCUT2D eigenvalue weighted by Gasteiger charge is 2.51. The standard InChI is InChI=1S/C24H28N2O4/c1-30-19-12-10-18(11-13-19)22(27)16-24(29)20-8-4-5-9-21(20)26(23(24)28)17-25-14-6-2-3-7-15-25/h4-5,8-13,29H,2-3,6-7,14-17H2,1H3. The number of likely N-dealkylation sites (tertiary alicyclic amines) is 1. The normalized spacial score (nSPS) is 21.9. The molecular formula is C24H28N2O4. The Bertz CT molecular complexity index is 919. The summed E-state index contributed by atoms with van der Waals surface area (Å²) in [5, 5.41) is 11.4. The van der Waals surface area contributed by atoms with E-state index in [1.165, 1.54) is 12.8 Å². The first-order valence-corrected chi connectivity index (χ1v) is 10.6. The molecule has 0 spiro atoms. The summed E-state index contributed by atoms with van der Waals surface area (Å²) in [7, 11) is 1.56. The van der Waals surface area contributed by atoms with Crippen LogP contribution in [0.4, 0.5) is 5.69 Å². The van der Waals surface area contributed by atoms with Crippen LogP contribution in [0.5, 0.6) is 5.75 Å². The van der Waals surface area contributed by atoms with E-state index >= 15 is 0 Å². The Morgan fingerprint density at radius 1 is 1.03 bits per heavy atom. The average Bonchev–Trinajstić information content (AvgIpc) is 2.95. The molecule has 2 aliphatic rings. The molecule has 0 aromatic heterocycles. The van der Waals surface area contributed by atoms with E-state index in [9.17, 15) is 14.7 Å². The fourth-order valence-electron chi connectivity index (χ4n) is 4.41. The molecule has 2 aromatic rings. The Kier molecular flexibility index (Phi) is 5.88. The van der Waals surface area contributed by atoms with Crippen molar-refractivity contribution in [3.05, 3.63) is 59.7 Å². The van der Waals surface area contributed by atoms with E-state index < -0.39 is 11.5 Å². The number of ketones is 1. The average molecular weight is 408 g/mol. The van der Waals surface area contributed by atoms with E-state index in [2.05, 4.69) is 4.90 Å². The molecule has 1 N–H and O–H groups in total. The monoisotopic (exact) mass is 408 g/mol. The number of amides is 1. The fourth-order valence-corrected chi connectivity index (χ4v) is 4.41. The van der Waals surface area contributed by atoms with Crippen LogP contribution < -0.4 is 9.64 Å². The summed E-state index contributed by atoms with van der Waals surface area (Å²) >= 11 is 0. The van der Waals surface area contributed by atoms with E-state index in [0.29, 0.717) is 29.2 Å². The lowest BCUT2D eigenvalue weighted by molar-refractivity contribution is -0.136. The predicted molar refractivity (Wildman–Crippen MR) is 115 cm³/mol. The zero-order chi connectivity index (χ0) is 21.1. The molecule has 0 aliphatic carbocycles. The second kappa shape index (κ2) is 8.58. The van der Waals surface area contributed by atoms with Crippen LogP contribution in [0.25, 0.3) is 0 Å². The van der Waals surface area contributed by atoms with Crippen molar-refractivity contribution in [1.29, 1.82) is 0 Å². The molecule has 1 amide bonds. The number of carbonyl (C=O) groups is 2. The van der Waals surface area contributed by atoms with Crippen molar-refractivity contribution in [2.75, 3.05) is 31.8 Å². The molecule has 6 heteroatoms. The highest BCUT2D eigenvalue weighted by atomic mass is 16.5. The Labute approximate surface area is 177 Å². The number of anilines is 1. The number of hydrogen-bond acceptors (Lipinski definition) is 5. The van der Waals surface area contributed by atoms with Gasteiger partial charge >= 0.3 is 0 Å². The predicted octanol–water partition coefficient (Wildman–Crippen LogP) is 3.34. The highest BCUT2D eigenvalue weighted by Crippen LogP contribution is 2.43. The van der Waals surface area contributed by atoms with Crippen molar-refractivity contribution >= 4 is 17.4 Å². The van der Waals surface area contributed by atoms with Gasteiger partial charge in [-0.15, -0.1) is 0 Å². The maximum atomic E-state index is 13.4. The number of nitrogens with zero attached hydrogens (tertiary/aromatic N) is 2. The van der Waals surface area contributed by atoms with Crippen molar-refractivity contribution < 1.29 is 19.4 Å². The van der Waals surface area contributed by atoms with E-state index in [0.717, 1.165) is 25.9 Å². The lowest BCUT2D eigenvalue weighted by Crippen LogP contribution is -2.46.